The molecule has 1 amide bonds. The van der Waals surface area contributed by atoms with Crippen molar-refractivity contribution in [3.05, 3.63) is 52.9 Å². The predicted molar refractivity (Wildman–Crippen MR) is 115 cm³/mol. The van der Waals surface area contributed by atoms with Crippen molar-refractivity contribution in [1.29, 1.82) is 0 Å². The van der Waals surface area contributed by atoms with Crippen molar-refractivity contribution in [3.63, 3.8) is 0 Å². The molecule has 2 aliphatic heterocycles. The number of imidazole rings is 1. The molecule has 1 N–H and O–H groups in total. The average molecular weight is 494 g/mol. The number of amides is 1. The Balaban J connectivity index is 1.26. The summed E-state index contributed by atoms with van der Waals surface area (Å²) in [7, 11) is 0. The first-order valence-electron chi connectivity index (χ1n) is 11.5. The molecule has 4 heterocycles. The van der Waals surface area contributed by atoms with Gasteiger partial charge in [-0.05, 0) is 24.8 Å². The lowest BCUT2D eigenvalue weighted by molar-refractivity contribution is -0.179. The molecule has 0 bridgehead atoms. The highest BCUT2D eigenvalue weighted by Gasteiger charge is 2.42. The van der Waals surface area contributed by atoms with Crippen molar-refractivity contribution in [1.82, 2.24) is 29.6 Å². The van der Waals surface area contributed by atoms with Gasteiger partial charge in [0.1, 0.15) is 23.0 Å². The number of nitrogens with one attached hydrogen (secondary N) is 1. The highest BCUT2D eigenvalue weighted by atomic mass is 19.4. The van der Waals surface area contributed by atoms with E-state index in [2.05, 4.69) is 20.4 Å². The largest absolute Gasteiger partial charge is 0.392 e. The number of nitrogens with zero attached hydrogens (tertiary/aromatic N) is 5. The zero-order valence-corrected chi connectivity index (χ0v) is 18.7. The van der Waals surface area contributed by atoms with E-state index >= 15 is 0 Å². The summed E-state index contributed by atoms with van der Waals surface area (Å²) in [5.74, 6) is -0.856. The van der Waals surface area contributed by atoms with Crippen LogP contribution in [0.15, 0.2) is 24.3 Å². The van der Waals surface area contributed by atoms with Crippen LogP contribution in [0.25, 0.3) is 11.4 Å². The molecule has 1 aromatic carbocycles. The number of rotatable bonds is 5. The number of aryl methyl sites for hydroxylation is 2. The minimum atomic E-state index is -4.25. The zero-order valence-electron chi connectivity index (χ0n) is 18.7. The molecular weight excluding hydrogens is 471 g/mol. The molecule has 7 nitrogen and oxygen atoms in total. The fraction of sp³-hybridized carbons (Fsp3) is 0.478. The number of aromatic nitrogens is 5. The first-order chi connectivity index (χ1) is 16.7. The van der Waals surface area contributed by atoms with Gasteiger partial charge in [-0.1, -0.05) is 24.3 Å². The number of carbonyl (C=O) groups is 1. The van der Waals surface area contributed by atoms with E-state index in [4.69, 9.17) is 0 Å². The SMILES string of the molecule is O=C(NCc1ccc(-c2nc3n(n2)CC[C@@H](C(F)(F)F)C3)cc1)c1c(C(F)F)nc2n1CCCC2. The van der Waals surface area contributed by atoms with E-state index in [1.54, 1.807) is 28.8 Å². The molecule has 0 saturated heterocycles. The van der Waals surface area contributed by atoms with Gasteiger partial charge in [-0.2, -0.15) is 18.3 Å². The Morgan fingerprint density at radius 2 is 1.86 bits per heavy atom. The Kier molecular flexibility index (Phi) is 6.06. The molecule has 186 valence electrons. The number of halogens is 5. The molecule has 0 fully saturated rings. The summed E-state index contributed by atoms with van der Waals surface area (Å²) in [5, 5.41) is 7.02. The third kappa shape index (κ3) is 4.65. The Hall–Kier alpha value is -3.31. The van der Waals surface area contributed by atoms with Crippen LogP contribution in [0.1, 0.15) is 59.1 Å². The average Bonchev–Trinajstić information content (AvgIpc) is 3.44. The van der Waals surface area contributed by atoms with Crippen molar-refractivity contribution < 1.29 is 26.7 Å². The number of carbonyl (C=O) groups excluding carboxylic acids is 1. The van der Waals surface area contributed by atoms with Crippen LogP contribution >= 0.6 is 0 Å². The monoisotopic (exact) mass is 494 g/mol. The molecule has 0 radical (unpaired) electrons. The van der Waals surface area contributed by atoms with Gasteiger partial charge in [0.05, 0.1) is 5.92 Å². The van der Waals surface area contributed by atoms with Crippen LogP contribution in [0, 0.1) is 5.92 Å². The molecule has 0 saturated carbocycles. The summed E-state index contributed by atoms with van der Waals surface area (Å²) < 4.78 is 69.2. The highest BCUT2D eigenvalue weighted by molar-refractivity contribution is 5.94. The number of fused-ring (bicyclic) bond motifs is 2. The second-order valence-corrected chi connectivity index (χ2v) is 8.86. The summed E-state index contributed by atoms with van der Waals surface area (Å²) in [5.41, 5.74) is 0.782. The predicted octanol–water partition coefficient (Wildman–Crippen LogP) is 4.47. The van der Waals surface area contributed by atoms with Crippen molar-refractivity contribution in [3.8, 4) is 11.4 Å². The van der Waals surface area contributed by atoms with Crippen LogP contribution in [-0.2, 0) is 32.5 Å². The minimum Gasteiger partial charge on any atom is -0.347 e. The van der Waals surface area contributed by atoms with E-state index in [1.807, 2.05) is 0 Å². The van der Waals surface area contributed by atoms with Crippen molar-refractivity contribution >= 4 is 5.91 Å². The Bertz CT molecular complexity index is 1230. The second-order valence-electron chi connectivity index (χ2n) is 8.86. The lowest BCUT2D eigenvalue weighted by Crippen LogP contribution is -2.31. The van der Waals surface area contributed by atoms with Gasteiger partial charge in [0.15, 0.2) is 5.82 Å². The smallest absolute Gasteiger partial charge is 0.347 e. The third-order valence-corrected chi connectivity index (χ3v) is 6.52. The van der Waals surface area contributed by atoms with Crippen LogP contribution in [0.4, 0.5) is 22.0 Å². The number of benzene rings is 1. The van der Waals surface area contributed by atoms with Gasteiger partial charge in [0.25, 0.3) is 12.3 Å². The zero-order chi connectivity index (χ0) is 24.7. The second kappa shape index (κ2) is 9.04. The van der Waals surface area contributed by atoms with Gasteiger partial charge >= 0.3 is 6.18 Å². The van der Waals surface area contributed by atoms with E-state index in [0.717, 1.165) is 18.4 Å². The topological polar surface area (TPSA) is 77.6 Å². The lowest BCUT2D eigenvalue weighted by atomic mass is 9.98. The van der Waals surface area contributed by atoms with Crippen LogP contribution in [0.5, 0.6) is 0 Å². The van der Waals surface area contributed by atoms with Crippen molar-refractivity contribution in [2.24, 2.45) is 5.92 Å². The molecular formula is C23H23F5N6O. The fourth-order valence-electron chi connectivity index (χ4n) is 4.64. The van der Waals surface area contributed by atoms with Crippen LogP contribution in [-0.4, -0.2) is 36.4 Å². The van der Waals surface area contributed by atoms with Gasteiger partial charge in [0.2, 0.25) is 0 Å². The van der Waals surface area contributed by atoms with E-state index < -0.39 is 30.1 Å². The minimum absolute atomic E-state index is 0.0222. The highest BCUT2D eigenvalue weighted by Crippen LogP contribution is 2.35. The molecule has 35 heavy (non-hydrogen) atoms. The normalized spacial score (nSPS) is 17.8. The summed E-state index contributed by atoms with van der Waals surface area (Å²) in [4.78, 5) is 21.0. The van der Waals surface area contributed by atoms with Crippen molar-refractivity contribution in [2.75, 3.05) is 0 Å². The van der Waals surface area contributed by atoms with Gasteiger partial charge in [0, 0.05) is 38.0 Å². The molecule has 5 rings (SSSR count). The first kappa shape index (κ1) is 23.4. The van der Waals surface area contributed by atoms with E-state index in [-0.39, 0.29) is 31.6 Å². The maximum Gasteiger partial charge on any atom is 0.392 e. The number of alkyl halides is 5. The molecule has 2 aliphatic rings. The van der Waals surface area contributed by atoms with Gasteiger partial charge in [-0.25, -0.2) is 23.4 Å². The number of hydrogen-bond acceptors (Lipinski definition) is 4. The molecule has 1 atom stereocenters. The maximum absolute atomic E-state index is 13.5. The van der Waals surface area contributed by atoms with Crippen LogP contribution < -0.4 is 5.32 Å². The van der Waals surface area contributed by atoms with Crippen LogP contribution in [0.3, 0.4) is 0 Å². The van der Waals surface area contributed by atoms with Gasteiger partial charge in [-0.15, -0.1) is 0 Å². The van der Waals surface area contributed by atoms with E-state index in [0.29, 0.717) is 36.0 Å². The summed E-state index contributed by atoms with van der Waals surface area (Å²) in [6, 6.07) is 6.90. The molecule has 0 aliphatic carbocycles. The van der Waals surface area contributed by atoms with E-state index in [9.17, 15) is 26.7 Å². The molecule has 12 heteroatoms. The fourth-order valence-corrected chi connectivity index (χ4v) is 4.64. The third-order valence-electron chi connectivity index (χ3n) is 6.52. The van der Waals surface area contributed by atoms with Crippen molar-refractivity contribution in [2.45, 2.75) is 64.3 Å². The Labute approximate surface area is 197 Å². The first-order valence-corrected chi connectivity index (χ1v) is 11.5. The summed E-state index contributed by atoms with van der Waals surface area (Å²) in [6.07, 6.45) is -5.09. The quantitative estimate of drug-likeness (QED) is 0.531. The lowest BCUT2D eigenvalue weighted by Gasteiger charge is -2.24. The molecule has 2 aromatic heterocycles. The van der Waals surface area contributed by atoms with Gasteiger partial charge in [-0.3, -0.25) is 4.79 Å². The van der Waals surface area contributed by atoms with E-state index in [1.165, 1.54) is 4.68 Å². The Morgan fingerprint density at radius 1 is 1.09 bits per heavy atom. The standard InChI is InChI=1S/C23H23F5N6O/c24-20(25)18-19(33-9-2-1-3-16(33)30-18)22(35)29-12-13-4-6-14(7-5-13)21-31-17-11-15(23(26,27)28)8-10-34(17)32-21/h4-7,15,20H,1-3,8-12H2,(H,29,35)/t15-/m1/s1. The maximum atomic E-state index is 13.5. The summed E-state index contributed by atoms with van der Waals surface area (Å²) >= 11 is 0. The number of hydrogen-bond donors (Lipinski definition) is 1. The summed E-state index contributed by atoms with van der Waals surface area (Å²) in [6.45, 7) is 0.760. The molecule has 0 spiro atoms. The van der Waals surface area contributed by atoms with Gasteiger partial charge < -0.3 is 9.88 Å². The molecule has 0 unspecified atom stereocenters. The van der Waals surface area contributed by atoms with Crippen LogP contribution in [0.2, 0.25) is 0 Å². The Morgan fingerprint density at radius 3 is 2.57 bits per heavy atom. The molecule has 3 aromatic rings.